The molecule has 136 valence electrons. The number of hydrogen-bond acceptors (Lipinski definition) is 2. The summed E-state index contributed by atoms with van der Waals surface area (Å²) < 4.78 is 1.19. The maximum absolute atomic E-state index is 6.48. The van der Waals surface area contributed by atoms with Crippen molar-refractivity contribution in [3.05, 3.63) is 48.2 Å². The molecule has 0 saturated carbocycles. The van der Waals surface area contributed by atoms with Crippen LogP contribution in [0.2, 0.25) is 0 Å². The van der Waals surface area contributed by atoms with E-state index >= 15 is 0 Å². The molecule has 25 heavy (non-hydrogen) atoms. The fourth-order valence-corrected chi connectivity index (χ4v) is 3.68. The van der Waals surface area contributed by atoms with E-state index in [2.05, 4.69) is 77.3 Å². The summed E-state index contributed by atoms with van der Waals surface area (Å²) in [6, 6.07) is 12.9. The molecule has 3 aromatic rings. The van der Waals surface area contributed by atoms with Crippen LogP contribution in [0.5, 0.6) is 0 Å². The average molecular weight is 463 g/mol. The van der Waals surface area contributed by atoms with Crippen LogP contribution in [0.3, 0.4) is 0 Å². The molecule has 0 aliphatic carbocycles. The first-order valence-corrected chi connectivity index (χ1v) is 8.57. The number of benzene rings is 2. The minimum absolute atomic E-state index is 0. The summed E-state index contributed by atoms with van der Waals surface area (Å²) in [6.45, 7) is 4.29. The number of hydrogen-bond donors (Lipinski definition) is 2. The number of halogens is 3. The number of aromatic nitrogens is 2. The standard InChI is InChI=1S/C18H20AsN3.3ClH/c1-3-18(20,4-2)13-7-5-12(6-8-13)14-9-10-16-15(17(14)19)11-21-22-16;;;/h5-11H,3-4,20H2,1-2H3,(H,21,22);3*1H. The number of nitrogens with two attached hydrogens (primary N) is 1. The quantitative estimate of drug-likeness (QED) is 0.569. The van der Waals surface area contributed by atoms with Crippen molar-refractivity contribution in [1.29, 1.82) is 0 Å². The molecule has 0 unspecified atom stereocenters. The van der Waals surface area contributed by atoms with Gasteiger partial charge in [0.05, 0.1) is 0 Å². The van der Waals surface area contributed by atoms with Gasteiger partial charge in [-0.15, -0.1) is 37.2 Å². The van der Waals surface area contributed by atoms with Gasteiger partial charge >= 0.3 is 140 Å². The molecule has 2 aromatic carbocycles. The Bertz CT molecular complexity index is 799. The molecule has 0 atom stereocenters. The van der Waals surface area contributed by atoms with Crippen LogP contribution in [-0.2, 0) is 5.54 Å². The molecule has 3 nitrogen and oxygen atoms in total. The third-order valence-corrected chi connectivity index (χ3v) is 5.64. The minimum Gasteiger partial charge on any atom is -0.147 e. The summed E-state index contributed by atoms with van der Waals surface area (Å²) in [5.41, 5.74) is 11.0. The molecule has 0 amide bonds. The van der Waals surface area contributed by atoms with Gasteiger partial charge < -0.3 is 0 Å². The number of nitrogens with one attached hydrogen (secondary N) is 1. The van der Waals surface area contributed by atoms with Gasteiger partial charge in [0.1, 0.15) is 0 Å². The van der Waals surface area contributed by atoms with Crippen molar-refractivity contribution in [2.24, 2.45) is 5.73 Å². The maximum Gasteiger partial charge on any atom is -0.147 e. The second-order valence-corrected chi connectivity index (χ2v) is 6.67. The van der Waals surface area contributed by atoms with Gasteiger partial charge in [0, 0.05) is 0 Å². The number of aromatic amines is 1. The summed E-state index contributed by atoms with van der Waals surface area (Å²) in [7, 11) is 0. The average Bonchev–Trinajstić information content (AvgIpc) is 3.04. The molecule has 0 saturated heterocycles. The summed E-state index contributed by atoms with van der Waals surface area (Å²) in [5, 5.41) is 8.27. The molecule has 7 heteroatoms. The van der Waals surface area contributed by atoms with E-state index < -0.39 is 0 Å². The fourth-order valence-electron chi connectivity index (χ4n) is 2.88. The van der Waals surface area contributed by atoms with Gasteiger partial charge in [-0.05, 0) is 0 Å². The van der Waals surface area contributed by atoms with Gasteiger partial charge in [0.2, 0.25) is 0 Å². The van der Waals surface area contributed by atoms with E-state index in [1.807, 2.05) is 6.20 Å². The Hall–Kier alpha value is -0.702. The second kappa shape index (κ2) is 9.85. The molecule has 0 fully saturated rings. The van der Waals surface area contributed by atoms with Crippen molar-refractivity contribution >= 4 is 69.3 Å². The molecule has 0 aliphatic rings. The number of rotatable bonds is 4. The van der Waals surface area contributed by atoms with E-state index in [1.54, 1.807) is 0 Å². The Labute approximate surface area is 176 Å². The molecule has 1 heterocycles. The van der Waals surface area contributed by atoms with Crippen LogP contribution in [0.15, 0.2) is 42.6 Å². The zero-order chi connectivity index (χ0) is 15.7. The summed E-state index contributed by atoms with van der Waals surface area (Å²) >= 11 is 2.66. The van der Waals surface area contributed by atoms with E-state index in [9.17, 15) is 0 Å². The largest absolute Gasteiger partial charge is 0.147 e. The fraction of sp³-hybridized carbons (Fsp3) is 0.278. The summed E-state index contributed by atoms with van der Waals surface area (Å²) in [4.78, 5) is 0. The van der Waals surface area contributed by atoms with Crippen molar-refractivity contribution in [2.45, 2.75) is 32.2 Å². The number of H-pyrrole nitrogens is 1. The van der Waals surface area contributed by atoms with E-state index in [4.69, 9.17) is 5.73 Å². The van der Waals surface area contributed by atoms with Crippen molar-refractivity contribution in [1.82, 2.24) is 10.2 Å². The first-order valence-electron chi connectivity index (χ1n) is 7.64. The van der Waals surface area contributed by atoms with Crippen LogP contribution in [0.4, 0.5) is 0 Å². The van der Waals surface area contributed by atoms with Gasteiger partial charge in [0.15, 0.2) is 0 Å². The molecule has 0 spiro atoms. The molecule has 3 N–H and O–H groups in total. The van der Waals surface area contributed by atoms with Crippen molar-refractivity contribution in [3.8, 4) is 11.1 Å². The number of nitrogens with zero attached hydrogens (tertiary/aromatic N) is 1. The SMILES string of the molecule is CCC(N)(CC)c1ccc(-c2ccc3[nH]ncc3c2[As])cc1.Cl.Cl.Cl. The molecular formula is C18H23AsCl3N3. The Morgan fingerprint density at radius 2 is 1.60 bits per heavy atom. The zero-order valence-corrected chi connectivity index (χ0v) is 18.5. The van der Waals surface area contributed by atoms with Gasteiger partial charge in [-0.25, -0.2) is 0 Å². The first kappa shape index (κ1) is 24.3. The Morgan fingerprint density at radius 1 is 1.00 bits per heavy atom. The molecule has 1 aromatic heterocycles. The normalized spacial score (nSPS) is 10.6. The van der Waals surface area contributed by atoms with Crippen LogP contribution < -0.4 is 10.1 Å². The topological polar surface area (TPSA) is 54.7 Å². The van der Waals surface area contributed by atoms with E-state index in [0.717, 1.165) is 23.7 Å². The second-order valence-electron chi connectivity index (χ2n) is 5.73. The Kier molecular flexibility index (Phi) is 9.57. The third-order valence-electron chi connectivity index (χ3n) is 4.63. The van der Waals surface area contributed by atoms with Crippen LogP contribution in [0.1, 0.15) is 32.3 Å². The van der Waals surface area contributed by atoms with Gasteiger partial charge in [-0.2, -0.15) is 0 Å². The Morgan fingerprint density at radius 3 is 2.16 bits per heavy atom. The van der Waals surface area contributed by atoms with E-state index in [1.165, 1.54) is 21.0 Å². The maximum atomic E-state index is 6.48. The van der Waals surface area contributed by atoms with Crippen LogP contribution in [0.25, 0.3) is 22.0 Å². The Balaban J connectivity index is 0.00000192. The van der Waals surface area contributed by atoms with Crippen molar-refractivity contribution < 1.29 is 0 Å². The van der Waals surface area contributed by atoms with E-state index in [0.29, 0.717) is 0 Å². The molecule has 0 bridgehead atoms. The summed E-state index contributed by atoms with van der Waals surface area (Å²) in [5.74, 6) is 0. The van der Waals surface area contributed by atoms with Crippen molar-refractivity contribution in [2.75, 3.05) is 0 Å². The monoisotopic (exact) mass is 461 g/mol. The minimum atomic E-state index is -0.224. The number of fused-ring (bicyclic) bond motifs is 1. The summed E-state index contributed by atoms with van der Waals surface area (Å²) in [6.07, 6.45) is 3.76. The molecule has 0 aliphatic heterocycles. The zero-order valence-electron chi connectivity index (χ0n) is 14.2. The van der Waals surface area contributed by atoms with Crippen molar-refractivity contribution in [3.63, 3.8) is 0 Å². The molecular weight excluding hydrogens is 440 g/mol. The van der Waals surface area contributed by atoms with Crippen LogP contribution in [-0.4, -0.2) is 27.1 Å². The molecule has 3 rings (SSSR count). The van der Waals surface area contributed by atoms with Gasteiger partial charge in [-0.3, -0.25) is 0 Å². The van der Waals surface area contributed by atoms with E-state index in [-0.39, 0.29) is 42.8 Å². The molecule has 2 radical (unpaired) electrons. The third kappa shape index (κ3) is 4.53. The van der Waals surface area contributed by atoms with Gasteiger partial charge in [0.25, 0.3) is 0 Å². The predicted molar refractivity (Wildman–Crippen MR) is 115 cm³/mol. The van der Waals surface area contributed by atoms with Gasteiger partial charge in [-0.1, -0.05) is 0 Å². The smallest absolute Gasteiger partial charge is 0.147 e. The van der Waals surface area contributed by atoms with Crippen LogP contribution >= 0.6 is 37.2 Å². The first-order chi connectivity index (χ1) is 10.6. The van der Waals surface area contributed by atoms with Crippen LogP contribution in [0, 0.1) is 0 Å². The predicted octanol–water partition coefficient (Wildman–Crippen LogP) is 4.26.